The second-order valence-corrected chi connectivity index (χ2v) is 6.12. The van der Waals surface area contributed by atoms with Crippen molar-refractivity contribution in [2.75, 3.05) is 26.7 Å². The quantitative estimate of drug-likeness (QED) is 0.640. The van der Waals surface area contributed by atoms with E-state index in [2.05, 4.69) is 24.2 Å². The molecule has 1 saturated heterocycles. The van der Waals surface area contributed by atoms with E-state index in [9.17, 15) is 0 Å². The lowest BCUT2D eigenvalue weighted by atomic mass is 10.1. The largest absolute Gasteiger partial charge is 0.378 e. The summed E-state index contributed by atoms with van der Waals surface area (Å²) < 4.78 is 5.92. The van der Waals surface area contributed by atoms with Crippen LogP contribution in [0.3, 0.4) is 0 Å². The lowest BCUT2D eigenvalue weighted by Crippen LogP contribution is -2.27. The van der Waals surface area contributed by atoms with Gasteiger partial charge in [0, 0.05) is 18.7 Å². The zero-order valence-corrected chi connectivity index (χ0v) is 12.2. The summed E-state index contributed by atoms with van der Waals surface area (Å²) in [7, 11) is 2.24. The highest BCUT2D eigenvalue weighted by Gasteiger charge is 2.21. The van der Waals surface area contributed by atoms with Crippen molar-refractivity contribution in [3.05, 3.63) is 0 Å². The van der Waals surface area contributed by atoms with Gasteiger partial charge in [0.1, 0.15) is 0 Å². The van der Waals surface area contributed by atoms with Crippen molar-refractivity contribution in [2.24, 2.45) is 0 Å². The van der Waals surface area contributed by atoms with E-state index in [1.807, 2.05) is 0 Å². The van der Waals surface area contributed by atoms with Crippen molar-refractivity contribution < 1.29 is 4.74 Å². The molecule has 106 valence electrons. The molecule has 2 unspecified atom stereocenters. The summed E-state index contributed by atoms with van der Waals surface area (Å²) >= 11 is 0. The standard InChI is InChI=1S/C15H30N2O/c1-13(5-3-10-16-14-7-8-14)18-12-9-15-6-4-11-17(15)2/h13-16H,3-12H2,1-2H3. The van der Waals surface area contributed by atoms with Crippen LogP contribution in [0.2, 0.25) is 0 Å². The predicted molar refractivity (Wildman–Crippen MR) is 75.9 cm³/mol. The Labute approximate surface area is 112 Å². The van der Waals surface area contributed by atoms with E-state index in [1.54, 1.807) is 0 Å². The van der Waals surface area contributed by atoms with Gasteiger partial charge in [0.05, 0.1) is 6.10 Å². The number of rotatable bonds is 9. The van der Waals surface area contributed by atoms with E-state index >= 15 is 0 Å². The van der Waals surface area contributed by atoms with Crippen LogP contribution in [-0.4, -0.2) is 49.8 Å². The Morgan fingerprint density at radius 2 is 2.17 bits per heavy atom. The third-order valence-electron chi connectivity index (χ3n) is 4.32. The van der Waals surface area contributed by atoms with Gasteiger partial charge < -0.3 is 15.0 Å². The van der Waals surface area contributed by atoms with Gasteiger partial charge in [0.15, 0.2) is 0 Å². The van der Waals surface area contributed by atoms with Crippen LogP contribution in [-0.2, 0) is 4.74 Å². The Kier molecular flexibility index (Phi) is 5.93. The molecule has 2 atom stereocenters. The molecule has 1 aliphatic carbocycles. The van der Waals surface area contributed by atoms with Crippen molar-refractivity contribution in [3.8, 4) is 0 Å². The smallest absolute Gasteiger partial charge is 0.0547 e. The average Bonchev–Trinajstić information content (AvgIpc) is 3.09. The van der Waals surface area contributed by atoms with Gasteiger partial charge in [-0.3, -0.25) is 0 Å². The minimum Gasteiger partial charge on any atom is -0.378 e. The normalized spacial score (nSPS) is 26.7. The summed E-state index contributed by atoms with van der Waals surface area (Å²) in [6.07, 6.45) is 9.59. The predicted octanol–water partition coefficient (Wildman–Crippen LogP) is 2.41. The molecule has 0 aromatic rings. The van der Waals surface area contributed by atoms with Crippen LogP contribution in [0.4, 0.5) is 0 Å². The SMILES string of the molecule is CC(CCCNC1CC1)OCCC1CCCN1C. The van der Waals surface area contributed by atoms with Crippen molar-refractivity contribution in [1.29, 1.82) is 0 Å². The van der Waals surface area contributed by atoms with Crippen molar-refractivity contribution in [2.45, 2.75) is 70.1 Å². The van der Waals surface area contributed by atoms with Gasteiger partial charge in [-0.2, -0.15) is 0 Å². The van der Waals surface area contributed by atoms with Crippen molar-refractivity contribution in [3.63, 3.8) is 0 Å². The van der Waals surface area contributed by atoms with E-state index in [0.717, 1.165) is 18.7 Å². The maximum absolute atomic E-state index is 5.92. The molecular formula is C15H30N2O. The van der Waals surface area contributed by atoms with Crippen LogP contribution in [0.5, 0.6) is 0 Å². The van der Waals surface area contributed by atoms with Crippen LogP contribution >= 0.6 is 0 Å². The minimum atomic E-state index is 0.428. The van der Waals surface area contributed by atoms with E-state index in [-0.39, 0.29) is 0 Å². The van der Waals surface area contributed by atoms with E-state index in [1.165, 1.54) is 58.0 Å². The lowest BCUT2D eigenvalue weighted by Gasteiger charge is -2.20. The fraction of sp³-hybridized carbons (Fsp3) is 1.00. The maximum Gasteiger partial charge on any atom is 0.0547 e. The zero-order chi connectivity index (χ0) is 12.8. The molecule has 1 aliphatic heterocycles. The van der Waals surface area contributed by atoms with Gasteiger partial charge in [0.2, 0.25) is 0 Å². The molecule has 2 fully saturated rings. The minimum absolute atomic E-state index is 0.428. The Morgan fingerprint density at radius 3 is 2.83 bits per heavy atom. The van der Waals surface area contributed by atoms with E-state index in [0.29, 0.717) is 6.10 Å². The molecule has 0 spiro atoms. The van der Waals surface area contributed by atoms with Gasteiger partial charge in [-0.25, -0.2) is 0 Å². The molecule has 0 aromatic carbocycles. The summed E-state index contributed by atoms with van der Waals surface area (Å²) in [6.45, 7) is 5.60. The van der Waals surface area contributed by atoms with Gasteiger partial charge in [-0.05, 0) is 72.0 Å². The third-order valence-corrected chi connectivity index (χ3v) is 4.32. The second-order valence-electron chi connectivity index (χ2n) is 6.12. The highest BCUT2D eigenvalue weighted by molar-refractivity contribution is 4.80. The van der Waals surface area contributed by atoms with Gasteiger partial charge >= 0.3 is 0 Å². The van der Waals surface area contributed by atoms with E-state index < -0.39 is 0 Å². The average molecular weight is 254 g/mol. The number of hydrogen-bond donors (Lipinski definition) is 1. The molecule has 1 heterocycles. The number of likely N-dealkylation sites (tertiary alicyclic amines) is 1. The molecule has 0 bridgehead atoms. The number of ether oxygens (including phenoxy) is 1. The molecular weight excluding hydrogens is 224 g/mol. The van der Waals surface area contributed by atoms with Gasteiger partial charge in [-0.1, -0.05) is 0 Å². The molecule has 2 rings (SSSR count). The summed E-state index contributed by atoms with van der Waals surface area (Å²) in [5, 5.41) is 3.56. The first-order valence-electron chi connectivity index (χ1n) is 7.81. The Bertz CT molecular complexity index is 231. The fourth-order valence-corrected chi connectivity index (χ4v) is 2.82. The molecule has 1 saturated carbocycles. The number of hydrogen-bond acceptors (Lipinski definition) is 3. The van der Waals surface area contributed by atoms with E-state index in [4.69, 9.17) is 4.74 Å². The topological polar surface area (TPSA) is 24.5 Å². The maximum atomic E-state index is 5.92. The molecule has 0 amide bonds. The van der Waals surface area contributed by atoms with Crippen LogP contribution in [0.25, 0.3) is 0 Å². The van der Waals surface area contributed by atoms with Gasteiger partial charge in [0.25, 0.3) is 0 Å². The van der Waals surface area contributed by atoms with Crippen LogP contribution < -0.4 is 5.32 Å². The fourth-order valence-electron chi connectivity index (χ4n) is 2.82. The Hall–Kier alpha value is -0.120. The van der Waals surface area contributed by atoms with Crippen LogP contribution in [0.15, 0.2) is 0 Å². The molecule has 2 aliphatic rings. The Balaban J connectivity index is 1.42. The summed E-state index contributed by atoms with van der Waals surface area (Å²) in [5.74, 6) is 0. The van der Waals surface area contributed by atoms with Crippen LogP contribution in [0, 0.1) is 0 Å². The third kappa shape index (κ3) is 5.25. The molecule has 3 heteroatoms. The summed E-state index contributed by atoms with van der Waals surface area (Å²) in [4.78, 5) is 2.48. The summed E-state index contributed by atoms with van der Waals surface area (Å²) in [5.41, 5.74) is 0. The molecule has 0 aromatic heterocycles. The zero-order valence-electron chi connectivity index (χ0n) is 12.2. The first-order chi connectivity index (χ1) is 8.75. The first kappa shape index (κ1) is 14.3. The number of nitrogens with zero attached hydrogens (tertiary/aromatic N) is 1. The van der Waals surface area contributed by atoms with Crippen LogP contribution in [0.1, 0.15) is 51.9 Å². The monoisotopic (exact) mass is 254 g/mol. The van der Waals surface area contributed by atoms with Gasteiger partial charge in [-0.15, -0.1) is 0 Å². The molecule has 1 N–H and O–H groups in total. The molecule has 0 radical (unpaired) electrons. The molecule has 3 nitrogen and oxygen atoms in total. The van der Waals surface area contributed by atoms with Crippen molar-refractivity contribution >= 4 is 0 Å². The van der Waals surface area contributed by atoms with Crippen molar-refractivity contribution in [1.82, 2.24) is 10.2 Å². The highest BCUT2D eigenvalue weighted by Crippen LogP contribution is 2.19. The second kappa shape index (κ2) is 7.46. The highest BCUT2D eigenvalue weighted by atomic mass is 16.5. The number of nitrogens with one attached hydrogen (secondary N) is 1. The Morgan fingerprint density at radius 1 is 1.33 bits per heavy atom. The lowest BCUT2D eigenvalue weighted by molar-refractivity contribution is 0.0475. The first-order valence-corrected chi connectivity index (χ1v) is 7.81. The summed E-state index contributed by atoms with van der Waals surface area (Å²) in [6, 6.07) is 1.62. The molecule has 18 heavy (non-hydrogen) atoms.